The van der Waals surface area contributed by atoms with Crippen LogP contribution >= 0.6 is 15.9 Å². The van der Waals surface area contributed by atoms with Crippen LogP contribution < -0.4 is 85.3 Å². The Bertz CT molecular complexity index is 3580. The van der Waals surface area contributed by atoms with Crippen LogP contribution in [-0.4, -0.2) is 312 Å². The number of carbonyl (C=O) groups is 15. The topological polar surface area (TPSA) is 674 Å². The standard InChI is InChI=1S/C75H119BrN16O26/c1-35(23-38-11-6-4-7-12-38)17-22-51(96)44-27-56(101)81-49(31-93)68(110)86-48-30-91-29-42(92(34-91)74-62(104)60(102)53(98)33-118-74)25-46(65(107)89-58(37(3)95)72(114)87-50(32-94)69(111)84-45(64(106)83-44)24-39-13-8-5-9-14-39)80-55(100)16-10-15-43(75(116)117)82-70(112)52(97)28-79-71(113)57(36(2)40-18-20-41(76)21-19-40)88-73(115)59(61(103)63(78)105)90-66(108)47(26-54(77)99)85-67(48)109/h17,22-23,36-53,57-62,74,93-98,102-104H,4-16,18-21,24-34H2,1-3H3,(H2,77,99)(H2,78,105)(H,79,113)(H,80,100)(H,81,101)(H,82,112)(H,83,106)(H,84,111)(H,85,109)(H,86,110)(H,87,114)(H,88,115)(H,89,107)(H,90,108)(H,116,117)/t36-,37-,40?,41?,42?,43-,44-,45-,46-,47-,48+,49-,50-,51-,52+,53+,57-,58-,59-,60+,61+,62-,74-/m0/s1. The number of fused-ring (bicyclic) bond motifs is 2. The molecule has 3 unspecified atom stereocenters. The molecule has 23 atom stereocenters. The predicted octanol–water partition coefficient (Wildman–Crippen LogP) is -11.4. The maximum atomic E-state index is 15.4. The number of rotatable bonds is 17. The lowest BCUT2D eigenvalue weighted by atomic mass is 9.77. The minimum Gasteiger partial charge on any atom is -0.548 e. The maximum absolute atomic E-state index is 15.4. The van der Waals surface area contributed by atoms with Gasteiger partial charge in [0.2, 0.25) is 83.0 Å². The highest BCUT2D eigenvalue weighted by molar-refractivity contribution is 9.09. The molecule has 4 aliphatic heterocycles. The molecule has 7 rings (SSSR count). The summed E-state index contributed by atoms with van der Waals surface area (Å²) >= 11 is 3.57. The van der Waals surface area contributed by atoms with Crippen molar-refractivity contribution >= 4 is 105 Å². The number of ether oxygens (including phenoxy) is 1. The monoisotopic (exact) mass is 1740 g/mol. The molecule has 4 heterocycles. The number of hydrogen-bond acceptors (Lipinski definition) is 27. The number of amides is 14. The molecular formula is C75H119BrN16O26. The molecule has 662 valence electrons. The van der Waals surface area contributed by atoms with Gasteiger partial charge in [0.05, 0.1) is 69.6 Å². The number of nitrogens with two attached hydrogens (primary N) is 2. The Morgan fingerprint density at radius 2 is 1.18 bits per heavy atom. The minimum absolute atomic E-state index is 0.0114. The van der Waals surface area contributed by atoms with Crippen molar-refractivity contribution < 1.29 is 133 Å². The molecule has 0 aromatic rings. The maximum Gasteiger partial charge on any atom is 0.251 e. The van der Waals surface area contributed by atoms with Crippen LogP contribution in [0.5, 0.6) is 0 Å². The van der Waals surface area contributed by atoms with Gasteiger partial charge in [0.25, 0.3) is 5.91 Å². The summed E-state index contributed by atoms with van der Waals surface area (Å²) in [6.07, 6.45) is -5.25. The molecule has 43 heteroatoms. The summed E-state index contributed by atoms with van der Waals surface area (Å²) in [6, 6.07) is -23.3. The molecule has 0 aromatic carbocycles. The first kappa shape index (κ1) is 96.7. The zero-order valence-electron chi connectivity index (χ0n) is 66.4. The first-order valence-electron chi connectivity index (χ1n) is 40.4. The number of aliphatic carboxylic acids is 1. The van der Waals surface area contributed by atoms with Crippen LogP contribution in [0.1, 0.15) is 156 Å². The molecule has 4 bridgehead atoms. The number of carbonyl (C=O) groups excluding carboxylic acids is 15. The van der Waals surface area contributed by atoms with Crippen LogP contribution in [0.25, 0.3) is 0 Å². The fourth-order valence-corrected chi connectivity index (χ4v) is 16.7. The quantitative estimate of drug-likeness (QED) is 0.0475. The van der Waals surface area contributed by atoms with Gasteiger partial charge in [-0.15, -0.1) is 0 Å². The van der Waals surface area contributed by atoms with Gasteiger partial charge >= 0.3 is 0 Å². The van der Waals surface area contributed by atoms with Crippen molar-refractivity contribution in [1.82, 2.24) is 68.7 Å². The fraction of sp³-hybridized carbons (Fsp3) is 0.747. The molecule has 0 radical (unpaired) electrons. The third-order valence-corrected chi connectivity index (χ3v) is 24.0. The van der Waals surface area contributed by atoms with E-state index in [0.29, 0.717) is 44.1 Å². The molecular weight excluding hydrogens is 1620 g/mol. The Balaban J connectivity index is 1.39. The van der Waals surface area contributed by atoms with Crippen molar-refractivity contribution in [1.29, 1.82) is 0 Å². The zero-order valence-corrected chi connectivity index (χ0v) is 68.0. The Hall–Kier alpha value is -8.47. The van der Waals surface area contributed by atoms with Gasteiger partial charge in [0.15, 0.2) is 12.2 Å². The molecule has 7 aliphatic rings. The van der Waals surface area contributed by atoms with Crippen LogP contribution in [0.3, 0.4) is 0 Å². The highest BCUT2D eigenvalue weighted by Gasteiger charge is 2.52. The second kappa shape index (κ2) is 46.4. The van der Waals surface area contributed by atoms with Crippen molar-refractivity contribution in [3.63, 3.8) is 0 Å². The Morgan fingerprint density at radius 1 is 0.602 bits per heavy atom. The van der Waals surface area contributed by atoms with Crippen LogP contribution in [0.4, 0.5) is 0 Å². The van der Waals surface area contributed by atoms with Gasteiger partial charge in [0.1, 0.15) is 85.4 Å². The van der Waals surface area contributed by atoms with E-state index >= 15 is 9.59 Å². The first-order chi connectivity index (χ1) is 55.9. The lowest BCUT2D eigenvalue weighted by Gasteiger charge is -2.39. The van der Waals surface area contributed by atoms with E-state index < -0.39 is 301 Å². The van der Waals surface area contributed by atoms with Crippen LogP contribution in [0, 0.1) is 23.7 Å². The number of β-amino-alcohol motifs (C(OH)–C–C–N with tert-alkyl or cyclic N) is 1. The number of carboxylic acids is 1. The van der Waals surface area contributed by atoms with Crippen molar-refractivity contribution in [2.75, 3.05) is 46.1 Å². The van der Waals surface area contributed by atoms with Crippen molar-refractivity contribution in [2.24, 2.45) is 35.1 Å². The first-order valence-corrected chi connectivity index (χ1v) is 41.3. The second-order valence-corrected chi connectivity index (χ2v) is 33.5. The summed E-state index contributed by atoms with van der Waals surface area (Å²) in [5.74, 6) is -21.7. The van der Waals surface area contributed by atoms with Gasteiger partial charge in [-0.2, -0.15) is 0 Å². The molecule has 118 heavy (non-hydrogen) atoms. The van der Waals surface area contributed by atoms with Crippen molar-refractivity contribution in [2.45, 2.75) is 282 Å². The molecule has 3 saturated carbocycles. The third-order valence-electron chi connectivity index (χ3n) is 23.1. The molecule has 0 spiro atoms. The molecule has 26 N–H and O–H groups in total. The number of halogens is 1. The van der Waals surface area contributed by atoms with Gasteiger partial charge in [0, 0.05) is 30.6 Å². The highest BCUT2D eigenvalue weighted by Crippen LogP contribution is 2.35. The average molecular weight is 1740 g/mol. The van der Waals surface area contributed by atoms with Crippen LogP contribution in [0.15, 0.2) is 23.8 Å². The molecule has 0 aromatic heterocycles. The van der Waals surface area contributed by atoms with Crippen LogP contribution in [0.2, 0.25) is 0 Å². The van der Waals surface area contributed by atoms with Crippen molar-refractivity contribution in [3.8, 4) is 0 Å². The van der Waals surface area contributed by atoms with E-state index in [1.165, 1.54) is 11.0 Å². The largest absolute Gasteiger partial charge is 0.548 e. The van der Waals surface area contributed by atoms with E-state index in [9.17, 15) is 113 Å². The number of carboxylic acid groups (broad SMARTS) is 1. The lowest BCUT2D eigenvalue weighted by Crippen LogP contribution is -3.20. The third kappa shape index (κ3) is 28.6. The van der Waals surface area contributed by atoms with Gasteiger partial charge in [-0.25, -0.2) is 4.90 Å². The summed E-state index contributed by atoms with van der Waals surface area (Å²) in [4.78, 5) is 216. The molecule has 3 aliphatic carbocycles. The minimum atomic E-state index is -2.69. The molecule has 4 saturated heterocycles. The molecule has 14 amide bonds. The molecule has 7 fully saturated rings. The summed E-state index contributed by atoms with van der Waals surface area (Å²) in [6.45, 7) is -1.55. The van der Waals surface area contributed by atoms with E-state index in [-0.39, 0.29) is 33.9 Å². The Morgan fingerprint density at radius 3 is 1.81 bits per heavy atom. The highest BCUT2D eigenvalue weighted by atomic mass is 79.9. The van der Waals surface area contributed by atoms with E-state index in [1.807, 2.05) is 6.08 Å². The summed E-state index contributed by atoms with van der Waals surface area (Å²) in [7, 11) is 0. The SMILES string of the molecule is CC(C=C[C@H](O)[C@@H]1CC(=O)N[C@@H](CO)C(=O)N[C@@H]2CN3CC(C[C@H](NC(=O)CCC[C@@H](C(=O)[O-])NC(=O)[C@H](O)CNC(=O)[C@H]([C@@H](C)C4CCC(Br)CC4)NC(=O)[C@H]([C@@H](O)C(N)=O)NC(=O)[C@H](CC(N)=O)NC2=O)C(=O)N[C@@H]([C@H](C)O)C(=O)N[C@@H](CO)C(=O)N[C@@H](CC2CCCCC2)C(=O)N1)[NH+]([C@H]1OC[C@@H](O)[C@@H](O)[C@@H]1O)C3)=CC1CCCCC1. The van der Waals surface area contributed by atoms with Gasteiger partial charge in [-0.3, -0.25) is 72.0 Å². The molecule has 42 nitrogen and oxygen atoms in total. The number of nitrogens with one attached hydrogen (secondary N) is 13. The summed E-state index contributed by atoms with van der Waals surface area (Å²) in [5.41, 5.74) is 11.9. The Kier molecular flexibility index (Phi) is 38.0. The van der Waals surface area contributed by atoms with E-state index in [4.69, 9.17) is 16.2 Å². The number of nitrogens with zero attached hydrogens (tertiary/aromatic N) is 1. The van der Waals surface area contributed by atoms with E-state index in [1.54, 1.807) is 19.9 Å². The van der Waals surface area contributed by atoms with E-state index in [0.717, 1.165) is 58.3 Å². The Labute approximate surface area is 689 Å². The van der Waals surface area contributed by atoms with Gasteiger partial charge < -0.3 is 136 Å². The average Bonchev–Trinajstić information content (AvgIpc) is 1.61. The lowest BCUT2D eigenvalue weighted by molar-refractivity contribution is -0.968. The number of hydrogen-bond donors (Lipinski definition) is 24. The number of quaternary nitrogens is 1. The number of alkyl halides is 1. The smallest absolute Gasteiger partial charge is 0.251 e. The number of primary amides is 2. The van der Waals surface area contributed by atoms with Crippen LogP contribution in [-0.2, 0) is 76.7 Å². The summed E-state index contributed by atoms with van der Waals surface area (Å²) < 4.78 is 5.93. The van der Waals surface area contributed by atoms with Crippen molar-refractivity contribution in [3.05, 3.63) is 23.8 Å². The summed E-state index contributed by atoms with van der Waals surface area (Å²) in [5, 5.41) is 142. The number of allylic oxidation sites excluding steroid dienone is 3. The normalized spacial score (nSPS) is 34.6. The van der Waals surface area contributed by atoms with E-state index in [2.05, 4.69) is 79.7 Å². The second-order valence-electron chi connectivity index (χ2n) is 32.2. The van der Waals surface area contributed by atoms with Gasteiger partial charge in [-0.05, 0) is 95.3 Å². The number of aliphatic hydroxyl groups excluding tert-OH is 9. The van der Waals surface area contributed by atoms with Gasteiger partial charge in [-0.1, -0.05) is 98.0 Å². The fourth-order valence-electron chi connectivity index (χ4n) is 16.2. The predicted molar refractivity (Wildman–Crippen MR) is 413 cm³/mol. The zero-order chi connectivity index (χ0) is 86.9. The number of aliphatic hydroxyl groups is 9.